The topological polar surface area (TPSA) is 37.8 Å². The van der Waals surface area contributed by atoms with E-state index in [9.17, 15) is 0 Å². The zero-order chi connectivity index (χ0) is 13.1. The molecule has 0 saturated heterocycles. The molecule has 0 aliphatic carbocycles. The molecule has 0 spiro atoms. The molecule has 2 aromatic rings. The molecule has 2 rings (SSSR count). The minimum absolute atomic E-state index is 0.478. The highest BCUT2D eigenvalue weighted by atomic mass is 35.5. The van der Waals surface area contributed by atoms with Crippen molar-refractivity contribution in [1.82, 2.24) is 9.97 Å². The second kappa shape index (κ2) is 5.55. The van der Waals surface area contributed by atoms with Gasteiger partial charge in [-0.15, -0.1) is 0 Å². The van der Waals surface area contributed by atoms with E-state index < -0.39 is 0 Å². The largest absolute Gasteiger partial charge is 0.340 e. The van der Waals surface area contributed by atoms with Crippen LogP contribution in [0.2, 0.25) is 10.2 Å². The summed E-state index contributed by atoms with van der Waals surface area (Å²) < 4.78 is 0. The van der Waals surface area contributed by atoms with Gasteiger partial charge in [0.2, 0.25) is 0 Å². The van der Waals surface area contributed by atoms with E-state index in [1.807, 2.05) is 38.1 Å². The van der Waals surface area contributed by atoms with Gasteiger partial charge >= 0.3 is 0 Å². The molecule has 0 fully saturated rings. The Bertz CT molecular complexity index is 570. The first kappa shape index (κ1) is 13.1. The number of anilines is 2. The standard InChI is InChI=1S/C13H13Cl2N3/c1-3-11-17-12(15)8(2)13(18-11)16-10-6-4-5-9(14)7-10/h4-7H,3H2,1-2H3,(H,16,17,18). The van der Waals surface area contributed by atoms with E-state index in [1.54, 1.807) is 0 Å². The van der Waals surface area contributed by atoms with Gasteiger partial charge in [0.25, 0.3) is 0 Å². The van der Waals surface area contributed by atoms with Gasteiger partial charge in [0, 0.05) is 22.7 Å². The molecular formula is C13H13Cl2N3. The van der Waals surface area contributed by atoms with Gasteiger partial charge < -0.3 is 5.32 Å². The summed E-state index contributed by atoms with van der Waals surface area (Å²) in [5, 5.41) is 4.36. The van der Waals surface area contributed by atoms with Crippen molar-refractivity contribution >= 4 is 34.7 Å². The fourth-order valence-electron chi connectivity index (χ4n) is 1.52. The van der Waals surface area contributed by atoms with E-state index in [2.05, 4.69) is 15.3 Å². The molecule has 0 saturated carbocycles. The Morgan fingerprint density at radius 2 is 2.00 bits per heavy atom. The summed E-state index contributed by atoms with van der Waals surface area (Å²) in [5.41, 5.74) is 1.70. The molecule has 94 valence electrons. The monoisotopic (exact) mass is 281 g/mol. The van der Waals surface area contributed by atoms with Gasteiger partial charge in [0.05, 0.1) is 0 Å². The average Bonchev–Trinajstić information content (AvgIpc) is 2.34. The number of halogens is 2. The Balaban J connectivity index is 2.36. The normalized spacial score (nSPS) is 10.4. The zero-order valence-corrected chi connectivity index (χ0v) is 11.7. The van der Waals surface area contributed by atoms with Crippen molar-refractivity contribution in [2.45, 2.75) is 20.3 Å². The van der Waals surface area contributed by atoms with Crippen molar-refractivity contribution in [2.24, 2.45) is 0 Å². The molecular weight excluding hydrogens is 269 g/mol. The van der Waals surface area contributed by atoms with Crippen LogP contribution in [0, 0.1) is 6.92 Å². The van der Waals surface area contributed by atoms with Gasteiger partial charge in [-0.25, -0.2) is 9.97 Å². The summed E-state index contributed by atoms with van der Waals surface area (Å²) in [4.78, 5) is 8.63. The van der Waals surface area contributed by atoms with Crippen molar-refractivity contribution in [3.63, 3.8) is 0 Å². The second-order valence-electron chi connectivity index (χ2n) is 3.89. The van der Waals surface area contributed by atoms with Crippen LogP contribution >= 0.6 is 23.2 Å². The maximum absolute atomic E-state index is 6.08. The summed E-state index contributed by atoms with van der Waals surface area (Å²) in [6, 6.07) is 7.46. The van der Waals surface area contributed by atoms with Crippen LogP contribution in [-0.4, -0.2) is 9.97 Å². The van der Waals surface area contributed by atoms with E-state index in [4.69, 9.17) is 23.2 Å². The first-order valence-corrected chi connectivity index (χ1v) is 6.41. The zero-order valence-electron chi connectivity index (χ0n) is 10.2. The second-order valence-corrected chi connectivity index (χ2v) is 4.69. The van der Waals surface area contributed by atoms with E-state index in [0.29, 0.717) is 16.0 Å². The highest BCUT2D eigenvalue weighted by Gasteiger charge is 2.08. The van der Waals surface area contributed by atoms with Crippen molar-refractivity contribution in [3.8, 4) is 0 Å². The SMILES string of the molecule is CCc1nc(Cl)c(C)c(Nc2cccc(Cl)c2)n1. The molecule has 0 aliphatic heterocycles. The molecule has 18 heavy (non-hydrogen) atoms. The molecule has 0 atom stereocenters. The number of hydrogen-bond donors (Lipinski definition) is 1. The summed E-state index contributed by atoms with van der Waals surface area (Å²) in [6.45, 7) is 3.87. The van der Waals surface area contributed by atoms with Crippen molar-refractivity contribution in [3.05, 3.63) is 45.8 Å². The van der Waals surface area contributed by atoms with Crippen LogP contribution in [0.15, 0.2) is 24.3 Å². The molecule has 0 radical (unpaired) electrons. The van der Waals surface area contributed by atoms with Crippen LogP contribution < -0.4 is 5.32 Å². The molecule has 0 amide bonds. The lowest BCUT2D eigenvalue weighted by Gasteiger charge is -2.11. The van der Waals surface area contributed by atoms with Gasteiger partial charge in [0.15, 0.2) is 0 Å². The number of nitrogens with one attached hydrogen (secondary N) is 1. The third-order valence-corrected chi connectivity index (χ3v) is 3.14. The van der Waals surface area contributed by atoms with Crippen molar-refractivity contribution < 1.29 is 0 Å². The Labute approximate surface area is 116 Å². The number of nitrogens with zero attached hydrogens (tertiary/aromatic N) is 2. The van der Waals surface area contributed by atoms with Gasteiger partial charge in [-0.05, 0) is 25.1 Å². The minimum Gasteiger partial charge on any atom is -0.340 e. The van der Waals surface area contributed by atoms with Gasteiger partial charge in [0.1, 0.15) is 16.8 Å². The third-order valence-electron chi connectivity index (χ3n) is 2.54. The van der Waals surface area contributed by atoms with E-state index in [0.717, 1.165) is 23.5 Å². The molecule has 1 aromatic carbocycles. The van der Waals surface area contributed by atoms with Crippen LogP contribution in [-0.2, 0) is 6.42 Å². The summed E-state index contributed by atoms with van der Waals surface area (Å²) in [5.74, 6) is 1.43. The van der Waals surface area contributed by atoms with Crippen LogP contribution in [0.25, 0.3) is 0 Å². The molecule has 1 N–H and O–H groups in total. The smallest absolute Gasteiger partial charge is 0.138 e. The van der Waals surface area contributed by atoms with Crippen LogP contribution in [0.3, 0.4) is 0 Å². The summed E-state index contributed by atoms with van der Waals surface area (Å²) in [7, 11) is 0. The van der Waals surface area contributed by atoms with Gasteiger partial charge in [-0.2, -0.15) is 0 Å². The Hall–Kier alpha value is -1.32. The fourth-order valence-corrected chi connectivity index (χ4v) is 1.89. The first-order chi connectivity index (χ1) is 8.60. The maximum Gasteiger partial charge on any atom is 0.138 e. The quantitative estimate of drug-likeness (QED) is 0.848. The van der Waals surface area contributed by atoms with E-state index in [1.165, 1.54) is 0 Å². The fraction of sp³-hybridized carbons (Fsp3) is 0.231. The maximum atomic E-state index is 6.08. The number of aromatic nitrogens is 2. The Kier molecular flexibility index (Phi) is 4.04. The van der Waals surface area contributed by atoms with Crippen molar-refractivity contribution in [1.29, 1.82) is 0 Å². The number of aryl methyl sites for hydroxylation is 1. The van der Waals surface area contributed by atoms with E-state index >= 15 is 0 Å². The molecule has 1 heterocycles. The molecule has 0 unspecified atom stereocenters. The lowest BCUT2D eigenvalue weighted by Crippen LogP contribution is -2.03. The first-order valence-electron chi connectivity index (χ1n) is 5.65. The molecule has 0 bridgehead atoms. The van der Waals surface area contributed by atoms with Gasteiger partial charge in [-0.1, -0.05) is 36.2 Å². The minimum atomic E-state index is 0.478. The lowest BCUT2D eigenvalue weighted by molar-refractivity contribution is 0.934. The molecule has 5 heteroatoms. The number of benzene rings is 1. The Morgan fingerprint density at radius 3 is 2.67 bits per heavy atom. The lowest BCUT2D eigenvalue weighted by atomic mass is 10.3. The third kappa shape index (κ3) is 2.92. The van der Waals surface area contributed by atoms with Crippen LogP contribution in [0.5, 0.6) is 0 Å². The number of rotatable bonds is 3. The molecule has 0 aliphatic rings. The highest BCUT2D eigenvalue weighted by molar-refractivity contribution is 6.31. The predicted molar refractivity (Wildman–Crippen MR) is 75.9 cm³/mol. The summed E-state index contributed by atoms with van der Waals surface area (Å²) in [6.07, 6.45) is 0.740. The number of hydrogen-bond acceptors (Lipinski definition) is 3. The van der Waals surface area contributed by atoms with Crippen LogP contribution in [0.1, 0.15) is 18.3 Å². The predicted octanol–water partition coefficient (Wildman–Crippen LogP) is 4.40. The van der Waals surface area contributed by atoms with Gasteiger partial charge in [-0.3, -0.25) is 0 Å². The van der Waals surface area contributed by atoms with Crippen LogP contribution in [0.4, 0.5) is 11.5 Å². The molecule has 1 aromatic heterocycles. The highest BCUT2D eigenvalue weighted by Crippen LogP contribution is 2.24. The van der Waals surface area contributed by atoms with E-state index in [-0.39, 0.29) is 0 Å². The average molecular weight is 282 g/mol. The van der Waals surface area contributed by atoms with Crippen molar-refractivity contribution in [2.75, 3.05) is 5.32 Å². The Morgan fingerprint density at radius 1 is 1.22 bits per heavy atom. The molecule has 3 nitrogen and oxygen atoms in total. The summed E-state index contributed by atoms with van der Waals surface area (Å²) >= 11 is 12.0.